The highest BCUT2D eigenvalue weighted by Crippen LogP contribution is 2.33. The van der Waals surface area contributed by atoms with Crippen LogP contribution in [0.25, 0.3) is 10.6 Å². The zero-order valence-corrected chi connectivity index (χ0v) is 16.7. The normalized spacial score (nSPS) is 11.3. The third-order valence-electron chi connectivity index (χ3n) is 3.65. The summed E-state index contributed by atoms with van der Waals surface area (Å²) in [4.78, 5) is 39.3. The summed E-state index contributed by atoms with van der Waals surface area (Å²) in [6, 6.07) is 4.74. The Kier molecular flexibility index (Phi) is 7.33. The van der Waals surface area contributed by atoms with E-state index in [9.17, 15) is 14.4 Å². The molecule has 0 aliphatic carbocycles. The zero-order valence-electron chi connectivity index (χ0n) is 15.9. The second-order valence-electron chi connectivity index (χ2n) is 5.59. The van der Waals surface area contributed by atoms with Crippen molar-refractivity contribution in [3.8, 4) is 22.1 Å². The van der Waals surface area contributed by atoms with Crippen LogP contribution in [0.1, 0.15) is 12.6 Å². The van der Waals surface area contributed by atoms with E-state index in [0.717, 1.165) is 5.56 Å². The molecular weight excluding hydrogens is 386 g/mol. The van der Waals surface area contributed by atoms with Crippen LogP contribution in [0, 0.1) is 0 Å². The quantitative estimate of drug-likeness (QED) is 0.672. The van der Waals surface area contributed by atoms with E-state index in [1.54, 1.807) is 31.7 Å². The Bertz CT molecular complexity index is 867. The molecule has 2 rings (SSSR count). The van der Waals surface area contributed by atoms with Gasteiger partial charge in [0.15, 0.2) is 17.6 Å². The number of esters is 1. The van der Waals surface area contributed by atoms with Crippen LogP contribution in [0.5, 0.6) is 11.5 Å². The first-order valence-corrected chi connectivity index (χ1v) is 9.14. The number of rotatable bonds is 7. The van der Waals surface area contributed by atoms with Crippen molar-refractivity contribution in [3.05, 3.63) is 29.3 Å². The molecule has 0 aliphatic rings. The first-order chi connectivity index (χ1) is 13.4. The predicted octanol–water partition coefficient (Wildman–Crippen LogP) is 1.76. The van der Waals surface area contributed by atoms with Gasteiger partial charge in [0.1, 0.15) is 5.01 Å². The molecule has 0 saturated carbocycles. The number of carbonyl (C=O) groups excluding carboxylic acids is 3. The molecule has 0 unspecified atom stereocenters. The van der Waals surface area contributed by atoms with Gasteiger partial charge in [0.2, 0.25) is 0 Å². The molecule has 1 atom stereocenters. The molecule has 10 heteroatoms. The lowest BCUT2D eigenvalue weighted by molar-refractivity contribution is -0.153. The van der Waals surface area contributed by atoms with E-state index in [4.69, 9.17) is 14.2 Å². The third-order valence-corrected chi connectivity index (χ3v) is 4.59. The Morgan fingerprint density at radius 2 is 1.89 bits per heavy atom. The van der Waals surface area contributed by atoms with Crippen molar-refractivity contribution in [2.75, 3.05) is 21.3 Å². The largest absolute Gasteiger partial charge is 0.493 e. The number of methoxy groups -OCH3 is 2. The van der Waals surface area contributed by atoms with Crippen LogP contribution in [0.4, 0.5) is 4.79 Å². The minimum absolute atomic E-state index is 0.0958. The van der Waals surface area contributed by atoms with Gasteiger partial charge in [-0.25, -0.2) is 9.78 Å². The van der Waals surface area contributed by atoms with Gasteiger partial charge in [-0.3, -0.25) is 14.9 Å². The van der Waals surface area contributed by atoms with Crippen LogP contribution in [0.15, 0.2) is 23.6 Å². The van der Waals surface area contributed by atoms with Crippen molar-refractivity contribution in [2.45, 2.75) is 19.4 Å². The number of aromatic nitrogens is 1. The van der Waals surface area contributed by atoms with Crippen molar-refractivity contribution >= 4 is 29.2 Å². The summed E-state index contributed by atoms with van der Waals surface area (Å²) in [5, 5.41) is 6.72. The fraction of sp³-hybridized carbons (Fsp3) is 0.333. The maximum atomic E-state index is 12.0. The lowest BCUT2D eigenvalue weighted by Gasteiger charge is -2.12. The number of benzene rings is 1. The average Bonchev–Trinajstić information content (AvgIpc) is 3.15. The number of ether oxygens (including phenoxy) is 3. The molecule has 0 aliphatic heterocycles. The van der Waals surface area contributed by atoms with E-state index >= 15 is 0 Å². The van der Waals surface area contributed by atoms with Crippen LogP contribution in [0.2, 0.25) is 0 Å². The molecule has 0 spiro atoms. The average molecular weight is 407 g/mol. The maximum absolute atomic E-state index is 12.0. The van der Waals surface area contributed by atoms with Gasteiger partial charge in [-0.15, -0.1) is 11.3 Å². The molecular formula is C18H21N3O6S. The molecule has 2 aromatic rings. The Labute approximate surface area is 166 Å². The molecule has 0 radical (unpaired) electrons. The van der Waals surface area contributed by atoms with Crippen LogP contribution in [-0.2, 0) is 20.7 Å². The summed E-state index contributed by atoms with van der Waals surface area (Å²) < 4.78 is 15.5. The second kappa shape index (κ2) is 9.70. The number of imide groups is 1. The number of amides is 3. The second-order valence-corrected chi connectivity index (χ2v) is 6.45. The van der Waals surface area contributed by atoms with Crippen molar-refractivity contribution in [2.24, 2.45) is 0 Å². The first-order valence-electron chi connectivity index (χ1n) is 8.26. The monoisotopic (exact) mass is 407 g/mol. The summed E-state index contributed by atoms with van der Waals surface area (Å²) in [5.74, 6) is -0.150. The van der Waals surface area contributed by atoms with E-state index in [2.05, 4.69) is 10.3 Å². The van der Waals surface area contributed by atoms with Gasteiger partial charge in [-0.2, -0.15) is 0 Å². The first kappa shape index (κ1) is 21.2. The van der Waals surface area contributed by atoms with Crippen molar-refractivity contribution in [1.29, 1.82) is 0 Å². The molecule has 150 valence electrons. The van der Waals surface area contributed by atoms with Gasteiger partial charge in [-0.05, 0) is 25.1 Å². The van der Waals surface area contributed by atoms with E-state index < -0.39 is 24.0 Å². The predicted molar refractivity (Wildman–Crippen MR) is 103 cm³/mol. The summed E-state index contributed by atoms with van der Waals surface area (Å²) in [6.45, 7) is 1.38. The van der Waals surface area contributed by atoms with E-state index in [1.165, 1.54) is 25.3 Å². The van der Waals surface area contributed by atoms with Crippen LogP contribution < -0.4 is 20.1 Å². The molecule has 1 aromatic carbocycles. The number of nitrogens with one attached hydrogen (secondary N) is 2. The van der Waals surface area contributed by atoms with E-state index in [-0.39, 0.29) is 6.42 Å². The summed E-state index contributed by atoms with van der Waals surface area (Å²) >= 11 is 1.37. The number of hydrogen-bond donors (Lipinski definition) is 2. The highest BCUT2D eigenvalue weighted by Gasteiger charge is 2.20. The van der Waals surface area contributed by atoms with Crippen molar-refractivity contribution in [1.82, 2.24) is 15.6 Å². The van der Waals surface area contributed by atoms with Gasteiger partial charge in [-0.1, -0.05) is 0 Å². The summed E-state index contributed by atoms with van der Waals surface area (Å²) in [7, 11) is 4.48. The van der Waals surface area contributed by atoms with E-state index in [1.807, 2.05) is 11.4 Å². The van der Waals surface area contributed by atoms with Gasteiger partial charge < -0.3 is 19.5 Å². The number of thiazole rings is 1. The molecule has 0 saturated heterocycles. The molecule has 1 heterocycles. The van der Waals surface area contributed by atoms with Crippen molar-refractivity contribution in [3.63, 3.8) is 0 Å². The molecule has 0 bridgehead atoms. The Morgan fingerprint density at radius 1 is 1.18 bits per heavy atom. The van der Waals surface area contributed by atoms with E-state index in [0.29, 0.717) is 22.2 Å². The fourth-order valence-electron chi connectivity index (χ4n) is 2.21. The summed E-state index contributed by atoms with van der Waals surface area (Å²) in [6.07, 6.45) is -1.20. The standard InChI is InChI=1S/C18H21N3O6S/c1-10(16(23)21-18(24)19-2)27-15(22)8-12-9-28-17(20-12)11-5-6-13(25-3)14(7-11)26-4/h5-7,9-10H,8H2,1-4H3,(H2,19,21,23,24)/t10-/m0/s1. The van der Waals surface area contributed by atoms with Gasteiger partial charge in [0.05, 0.1) is 26.3 Å². The number of carbonyl (C=O) groups is 3. The third kappa shape index (κ3) is 5.43. The minimum atomic E-state index is -1.10. The maximum Gasteiger partial charge on any atom is 0.321 e. The molecule has 1 aromatic heterocycles. The van der Waals surface area contributed by atoms with Crippen LogP contribution >= 0.6 is 11.3 Å². The molecule has 2 N–H and O–H groups in total. The molecule has 0 fully saturated rings. The highest BCUT2D eigenvalue weighted by atomic mass is 32.1. The topological polar surface area (TPSA) is 116 Å². The molecule has 28 heavy (non-hydrogen) atoms. The fourth-order valence-corrected chi connectivity index (χ4v) is 3.02. The highest BCUT2D eigenvalue weighted by molar-refractivity contribution is 7.13. The lowest BCUT2D eigenvalue weighted by Crippen LogP contribution is -2.43. The van der Waals surface area contributed by atoms with Crippen LogP contribution in [-0.4, -0.2) is 50.3 Å². The smallest absolute Gasteiger partial charge is 0.321 e. The Hall–Kier alpha value is -3.14. The van der Waals surface area contributed by atoms with Crippen LogP contribution in [0.3, 0.4) is 0 Å². The van der Waals surface area contributed by atoms with Gasteiger partial charge in [0, 0.05) is 18.0 Å². The summed E-state index contributed by atoms with van der Waals surface area (Å²) in [5.41, 5.74) is 1.33. The number of urea groups is 1. The Morgan fingerprint density at radius 3 is 2.54 bits per heavy atom. The molecule has 9 nitrogen and oxygen atoms in total. The minimum Gasteiger partial charge on any atom is -0.493 e. The molecule has 3 amide bonds. The number of hydrogen-bond acceptors (Lipinski definition) is 8. The zero-order chi connectivity index (χ0) is 20.7. The SMILES string of the molecule is CNC(=O)NC(=O)[C@H](C)OC(=O)Cc1csc(-c2ccc(OC)c(OC)c2)n1. The number of nitrogens with zero attached hydrogens (tertiary/aromatic N) is 1. The van der Waals surface area contributed by atoms with Gasteiger partial charge >= 0.3 is 12.0 Å². The van der Waals surface area contributed by atoms with Crippen molar-refractivity contribution < 1.29 is 28.6 Å². The van der Waals surface area contributed by atoms with Gasteiger partial charge in [0.25, 0.3) is 5.91 Å². The Balaban J connectivity index is 2.00. The lowest BCUT2D eigenvalue weighted by atomic mass is 10.2.